The van der Waals surface area contributed by atoms with E-state index in [9.17, 15) is 8.78 Å². The van der Waals surface area contributed by atoms with Gasteiger partial charge in [-0.2, -0.15) is 4.98 Å². The molecule has 0 fully saturated rings. The van der Waals surface area contributed by atoms with E-state index in [0.29, 0.717) is 20.2 Å². The molecule has 0 amide bonds. The van der Waals surface area contributed by atoms with Crippen LogP contribution in [0.15, 0.2) is 30.6 Å². The lowest BCUT2D eigenvalue weighted by Crippen LogP contribution is -1.86. The Labute approximate surface area is 122 Å². The third-order valence-electron chi connectivity index (χ3n) is 2.65. The highest BCUT2D eigenvalue weighted by molar-refractivity contribution is 9.35. The maximum Gasteiger partial charge on any atom is 0.290 e. The molecule has 0 aliphatic heterocycles. The van der Waals surface area contributed by atoms with Crippen LogP contribution in [0, 0.1) is 11.6 Å². The first-order chi connectivity index (χ1) is 9.09. The van der Waals surface area contributed by atoms with Crippen LogP contribution in [0.4, 0.5) is 8.78 Å². The third kappa shape index (κ3) is 2.04. The van der Waals surface area contributed by atoms with Gasteiger partial charge in [0.05, 0.1) is 19.9 Å². The number of aromatic nitrogens is 2. The highest BCUT2D eigenvalue weighted by Gasteiger charge is 2.26. The van der Waals surface area contributed by atoms with E-state index in [1.165, 1.54) is 18.5 Å². The van der Waals surface area contributed by atoms with Crippen molar-refractivity contribution in [2.24, 2.45) is 0 Å². The second-order valence-corrected chi connectivity index (χ2v) is 7.39. The Morgan fingerprint density at radius 1 is 1.21 bits per heavy atom. The van der Waals surface area contributed by atoms with Gasteiger partial charge in [-0.05, 0) is 12.1 Å². The van der Waals surface area contributed by atoms with Crippen LogP contribution in [-0.2, 0) is 0 Å². The lowest BCUT2D eigenvalue weighted by atomic mass is 10.1. The van der Waals surface area contributed by atoms with Gasteiger partial charge in [-0.15, -0.1) is 0 Å². The number of hydrogen-bond donors (Lipinski definition) is 0. The first-order valence-electron chi connectivity index (χ1n) is 5.16. The minimum absolute atomic E-state index is 0.203. The number of halogens is 4. The van der Waals surface area contributed by atoms with Gasteiger partial charge in [0.1, 0.15) is 11.5 Å². The van der Waals surface area contributed by atoms with Crippen LogP contribution >= 0.6 is 35.3 Å². The maximum absolute atomic E-state index is 13.8. The minimum atomic E-state index is -0.879. The van der Waals surface area contributed by atoms with E-state index in [4.69, 9.17) is 11.6 Å². The molecule has 2 nitrogen and oxygen atoms in total. The van der Waals surface area contributed by atoms with Crippen molar-refractivity contribution in [3.05, 3.63) is 47.4 Å². The highest BCUT2D eigenvalue weighted by Crippen LogP contribution is 2.48. The maximum atomic E-state index is 13.8. The monoisotopic (exact) mass is 361 g/mol. The molecular formula is C12H5BrClF2N2S+. The van der Waals surface area contributed by atoms with Crippen molar-refractivity contribution < 1.29 is 8.78 Å². The van der Waals surface area contributed by atoms with E-state index in [-0.39, 0.29) is 5.56 Å². The predicted molar refractivity (Wildman–Crippen MR) is 76.7 cm³/mol. The van der Waals surface area contributed by atoms with Crippen molar-refractivity contribution >= 4 is 45.5 Å². The molecule has 3 rings (SSSR count). The first-order valence-corrected chi connectivity index (χ1v) is 8.61. The van der Waals surface area contributed by atoms with Gasteiger partial charge in [-0.1, -0.05) is 17.7 Å². The summed E-state index contributed by atoms with van der Waals surface area (Å²) in [7, 11) is -0.634. The standard InChI is InChI=1S/C12H5BrClF2N2S/c13-19-9(6-2-1-3-8(15)10(6)16)4-7-11(14)17-5-18-12(7)19/h1-5H/q+1. The van der Waals surface area contributed by atoms with E-state index in [1.807, 2.05) is 0 Å². The van der Waals surface area contributed by atoms with Crippen LogP contribution in [0.5, 0.6) is 0 Å². The molecule has 0 aliphatic rings. The van der Waals surface area contributed by atoms with E-state index in [2.05, 4.69) is 24.8 Å². The molecule has 3 aromatic rings. The van der Waals surface area contributed by atoms with Crippen molar-refractivity contribution in [3.63, 3.8) is 0 Å². The molecule has 1 aromatic carbocycles. The average Bonchev–Trinajstić information content (AvgIpc) is 2.72. The normalized spacial score (nSPS) is 12.1. The molecule has 0 saturated carbocycles. The summed E-state index contributed by atoms with van der Waals surface area (Å²) in [5, 5.41) is 0.941. The number of benzene rings is 1. The summed E-state index contributed by atoms with van der Waals surface area (Å²) in [6, 6.07) is 5.77. The van der Waals surface area contributed by atoms with Crippen molar-refractivity contribution in [3.8, 4) is 10.4 Å². The Bertz CT molecular complexity index is 791. The summed E-state index contributed by atoms with van der Waals surface area (Å²) in [6.45, 7) is 0. The van der Waals surface area contributed by atoms with Gasteiger partial charge in [-0.3, -0.25) is 0 Å². The summed E-state index contributed by atoms with van der Waals surface area (Å²) in [5.74, 6) is -1.75. The predicted octanol–water partition coefficient (Wildman–Crippen LogP) is 5.14. The molecule has 2 aromatic heterocycles. The van der Waals surface area contributed by atoms with Gasteiger partial charge in [0.2, 0.25) is 0 Å². The largest absolute Gasteiger partial charge is 0.290 e. The van der Waals surface area contributed by atoms with Crippen LogP contribution in [0.3, 0.4) is 0 Å². The lowest BCUT2D eigenvalue weighted by molar-refractivity contribution is 0.511. The second kappa shape index (κ2) is 4.77. The third-order valence-corrected chi connectivity index (χ3v) is 6.31. The number of hydrogen-bond acceptors (Lipinski definition) is 2. The van der Waals surface area contributed by atoms with E-state index in [0.717, 1.165) is 6.07 Å². The van der Waals surface area contributed by atoms with Gasteiger partial charge < -0.3 is 0 Å². The van der Waals surface area contributed by atoms with Gasteiger partial charge in [0.25, 0.3) is 19.6 Å². The van der Waals surface area contributed by atoms with Gasteiger partial charge >= 0.3 is 0 Å². The molecule has 0 radical (unpaired) electrons. The summed E-state index contributed by atoms with van der Waals surface area (Å²) in [4.78, 5) is 9.29. The quantitative estimate of drug-likeness (QED) is 0.443. The fourth-order valence-electron chi connectivity index (χ4n) is 1.78. The molecule has 96 valence electrons. The first kappa shape index (κ1) is 12.9. The summed E-state index contributed by atoms with van der Waals surface area (Å²) in [6.07, 6.45) is 1.35. The Hall–Kier alpha value is -1.11. The Balaban J connectivity index is 2.35. The molecule has 2 heterocycles. The van der Waals surface area contributed by atoms with Crippen LogP contribution in [-0.4, -0.2) is 9.97 Å². The SMILES string of the molecule is Fc1cccc(-c2cc3c(Cl)ncnc3[s+]2Br)c1F. The zero-order valence-electron chi connectivity index (χ0n) is 9.20. The van der Waals surface area contributed by atoms with Gasteiger partial charge in [-0.25, -0.2) is 13.8 Å². The number of fused-ring (bicyclic) bond motifs is 1. The highest BCUT2D eigenvalue weighted by atomic mass is 79.9. The van der Waals surface area contributed by atoms with E-state index >= 15 is 0 Å². The fourth-order valence-corrected chi connectivity index (χ4v) is 4.87. The molecule has 7 heteroatoms. The van der Waals surface area contributed by atoms with Crippen LogP contribution in [0.25, 0.3) is 20.7 Å². The van der Waals surface area contributed by atoms with Gasteiger partial charge in [0, 0.05) is 6.07 Å². The second-order valence-electron chi connectivity index (χ2n) is 3.75. The molecule has 0 bridgehead atoms. The molecule has 0 saturated heterocycles. The topological polar surface area (TPSA) is 25.8 Å². The summed E-state index contributed by atoms with van der Waals surface area (Å²) in [5.41, 5.74) is 0.203. The molecular weight excluding hydrogens is 358 g/mol. The molecule has 1 unspecified atom stereocenters. The zero-order chi connectivity index (χ0) is 13.6. The number of rotatable bonds is 1. The molecule has 19 heavy (non-hydrogen) atoms. The molecule has 1 atom stereocenters. The van der Waals surface area contributed by atoms with Crippen LogP contribution in [0.2, 0.25) is 5.15 Å². The fraction of sp³-hybridized carbons (Fsp3) is 0. The van der Waals surface area contributed by atoms with Crippen molar-refractivity contribution in [2.75, 3.05) is 0 Å². The molecule has 0 spiro atoms. The van der Waals surface area contributed by atoms with E-state index in [1.54, 1.807) is 6.07 Å². The van der Waals surface area contributed by atoms with E-state index < -0.39 is 20.5 Å². The Morgan fingerprint density at radius 2 is 2.00 bits per heavy atom. The molecule has 0 N–H and O–H groups in total. The average molecular weight is 363 g/mol. The number of nitrogens with zero attached hydrogens (tertiary/aromatic N) is 2. The van der Waals surface area contributed by atoms with Crippen molar-refractivity contribution in [2.45, 2.75) is 0 Å². The zero-order valence-corrected chi connectivity index (χ0v) is 12.4. The summed E-state index contributed by atoms with van der Waals surface area (Å²) < 4.78 is 27.1. The lowest BCUT2D eigenvalue weighted by Gasteiger charge is -1.97. The smallest absolute Gasteiger partial charge is 0.224 e. The van der Waals surface area contributed by atoms with Crippen LogP contribution < -0.4 is 0 Å². The van der Waals surface area contributed by atoms with Crippen molar-refractivity contribution in [1.29, 1.82) is 0 Å². The van der Waals surface area contributed by atoms with Crippen LogP contribution in [0.1, 0.15) is 0 Å². The number of thiophene rings is 1. The van der Waals surface area contributed by atoms with Gasteiger partial charge in [0.15, 0.2) is 16.5 Å². The van der Waals surface area contributed by atoms with Crippen molar-refractivity contribution in [1.82, 2.24) is 9.97 Å². The molecule has 0 aliphatic carbocycles. The minimum Gasteiger partial charge on any atom is -0.224 e. The Morgan fingerprint density at radius 3 is 2.74 bits per heavy atom. The Kier molecular flexibility index (Phi) is 3.24. The summed E-state index contributed by atoms with van der Waals surface area (Å²) >= 11 is 9.43.